The maximum absolute atomic E-state index is 13.1. The van der Waals surface area contributed by atoms with Gasteiger partial charge in [-0.25, -0.2) is 4.79 Å². The van der Waals surface area contributed by atoms with Crippen LogP contribution < -0.4 is 16.1 Å². The van der Waals surface area contributed by atoms with E-state index in [4.69, 9.17) is 9.72 Å². The third kappa shape index (κ3) is 2.93. The van der Waals surface area contributed by atoms with Gasteiger partial charge in [0.05, 0.1) is 13.2 Å². The van der Waals surface area contributed by atoms with E-state index in [-0.39, 0.29) is 17.8 Å². The van der Waals surface area contributed by atoms with E-state index in [0.29, 0.717) is 36.9 Å². The summed E-state index contributed by atoms with van der Waals surface area (Å²) in [6.07, 6.45) is 0.896. The number of benzene rings is 1. The maximum atomic E-state index is 13.1. The molecule has 1 aliphatic heterocycles. The lowest BCUT2D eigenvalue weighted by molar-refractivity contribution is 0.137. The topological polar surface area (TPSA) is 74.3 Å². The number of aromatic nitrogens is 4. The van der Waals surface area contributed by atoms with E-state index in [0.717, 1.165) is 24.2 Å². The molecule has 148 valence electrons. The van der Waals surface area contributed by atoms with E-state index in [9.17, 15) is 9.59 Å². The molecule has 3 aromatic rings. The van der Waals surface area contributed by atoms with Crippen molar-refractivity contribution in [3.63, 3.8) is 0 Å². The Morgan fingerprint density at radius 2 is 2.04 bits per heavy atom. The number of fused-ring (bicyclic) bond motifs is 3. The summed E-state index contributed by atoms with van der Waals surface area (Å²) in [6, 6.07) is 8.22. The number of aryl methyl sites for hydroxylation is 3. The second-order valence-electron chi connectivity index (χ2n) is 7.08. The van der Waals surface area contributed by atoms with E-state index in [1.165, 1.54) is 9.13 Å². The van der Waals surface area contributed by atoms with Crippen LogP contribution in [0.25, 0.3) is 11.2 Å². The van der Waals surface area contributed by atoms with Crippen LogP contribution in [0.3, 0.4) is 0 Å². The van der Waals surface area contributed by atoms with Crippen molar-refractivity contribution in [2.45, 2.75) is 33.4 Å². The third-order valence-electron chi connectivity index (χ3n) is 5.19. The van der Waals surface area contributed by atoms with Gasteiger partial charge in [-0.2, -0.15) is 4.98 Å². The van der Waals surface area contributed by atoms with Gasteiger partial charge in [-0.1, -0.05) is 12.1 Å². The van der Waals surface area contributed by atoms with Gasteiger partial charge in [-0.3, -0.25) is 13.9 Å². The zero-order chi connectivity index (χ0) is 19.8. The molecule has 0 bridgehead atoms. The maximum Gasteiger partial charge on any atom is 0.332 e. The van der Waals surface area contributed by atoms with E-state index >= 15 is 0 Å². The van der Waals surface area contributed by atoms with E-state index in [1.54, 1.807) is 7.05 Å². The Kier molecular flexibility index (Phi) is 4.80. The van der Waals surface area contributed by atoms with Crippen LogP contribution in [0.5, 0.6) is 0 Å². The molecule has 0 atom stereocenters. The second kappa shape index (κ2) is 7.27. The molecular weight excluding hydrogens is 358 g/mol. The Morgan fingerprint density at radius 1 is 1.21 bits per heavy atom. The van der Waals surface area contributed by atoms with Crippen molar-refractivity contribution in [3.8, 4) is 0 Å². The van der Waals surface area contributed by atoms with Gasteiger partial charge >= 0.3 is 5.69 Å². The monoisotopic (exact) mass is 383 g/mol. The van der Waals surface area contributed by atoms with Crippen LogP contribution >= 0.6 is 0 Å². The highest BCUT2D eigenvalue weighted by Crippen LogP contribution is 2.31. The van der Waals surface area contributed by atoms with Gasteiger partial charge < -0.3 is 14.2 Å². The van der Waals surface area contributed by atoms with Crippen LogP contribution in [0.4, 0.5) is 11.6 Å². The SMILES string of the molecule is CCOCCn1c(=O)c2c(nc3n2CCCN3c2cccc(C)c2)n(C)c1=O. The van der Waals surface area contributed by atoms with Gasteiger partial charge in [-0.15, -0.1) is 0 Å². The van der Waals surface area contributed by atoms with Gasteiger partial charge in [0.1, 0.15) is 0 Å². The Balaban J connectivity index is 1.90. The fourth-order valence-electron chi connectivity index (χ4n) is 3.80. The van der Waals surface area contributed by atoms with Gasteiger partial charge in [0, 0.05) is 32.4 Å². The van der Waals surface area contributed by atoms with Crippen molar-refractivity contribution >= 4 is 22.8 Å². The van der Waals surface area contributed by atoms with Crippen LogP contribution in [0, 0.1) is 6.92 Å². The van der Waals surface area contributed by atoms with Gasteiger partial charge in [-0.05, 0) is 38.0 Å². The summed E-state index contributed by atoms with van der Waals surface area (Å²) < 4.78 is 9.99. The molecule has 0 saturated heterocycles. The van der Waals surface area contributed by atoms with E-state index in [1.807, 2.05) is 23.6 Å². The first-order valence-corrected chi connectivity index (χ1v) is 9.65. The minimum Gasteiger partial charge on any atom is -0.380 e. The molecular formula is C20H25N5O3. The molecule has 0 fully saturated rings. The number of hydrogen-bond donors (Lipinski definition) is 0. The quantitative estimate of drug-likeness (QED) is 0.628. The highest BCUT2D eigenvalue weighted by molar-refractivity contribution is 5.77. The average molecular weight is 383 g/mol. The number of hydrogen-bond acceptors (Lipinski definition) is 5. The molecule has 8 nitrogen and oxygen atoms in total. The standard InChI is InChI=1S/C20H25N5O3/c1-4-28-12-11-25-18(26)16-17(22(3)20(25)27)21-19-23(9-6-10-24(16)19)15-8-5-7-14(2)13-15/h5,7-8,13H,4,6,9-12H2,1-3H3. The molecule has 1 aliphatic rings. The number of imidazole rings is 1. The molecule has 2 aromatic heterocycles. The third-order valence-corrected chi connectivity index (χ3v) is 5.19. The van der Waals surface area contributed by atoms with Crippen LogP contribution in [-0.4, -0.2) is 38.4 Å². The van der Waals surface area contributed by atoms with E-state index in [2.05, 4.69) is 24.0 Å². The largest absolute Gasteiger partial charge is 0.380 e. The van der Waals surface area contributed by atoms with Crippen molar-refractivity contribution < 1.29 is 4.74 Å². The second-order valence-corrected chi connectivity index (χ2v) is 7.08. The molecule has 0 N–H and O–H groups in total. The summed E-state index contributed by atoms with van der Waals surface area (Å²) in [7, 11) is 1.66. The van der Waals surface area contributed by atoms with E-state index < -0.39 is 0 Å². The summed E-state index contributed by atoms with van der Waals surface area (Å²) >= 11 is 0. The van der Waals surface area contributed by atoms with Crippen LogP contribution in [0.2, 0.25) is 0 Å². The summed E-state index contributed by atoms with van der Waals surface area (Å²) in [5.74, 6) is 0.710. The lowest BCUT2D eigenvalue weighted by Crippen LogP contribution is -2.40. The van der Waals surface area contributed by atoms with Gasteiger partial charge in [0.25, 0.3) is 5.56 Å². The molecule has 28 heavy (non-hydrogen) atoms. The Hall–Kier alpha value is -2.87. The van der Waals surface area contributed by atoms with Crippen molar-refractivity contribution in [3.05, 3.63) is 50.7 Å². The minimum atomic E-state index is -0.366. The molecule has 1 aromatic carbocycles. The highest BCUT2D eigenvalue weighted by atomic mass is 16.5. The first-order chi connectivity index (χ1) is 13.5. The van der Waals surface area contributed by atoms with Crippen molar-refractivity contribution in [1.29, 1.82) is 0 Å². The molecule has 0 amide bonds. The van der Waals surface area contributed by atoms with Crippen LogP contribution in [-0.2, 0) is 24.9 Å². The molecule has 0 saturated carbocycles. The molecule has 0 spiro atoms. The van der Waals surface area contributed by atoms with Crippen LogP contribution in [0.1, 0.15) is 18.9 Å². The van der Waals surface area contributed by atoms with Crippen molar-refractivity contribution in [1.82, 2.24) is 18.7 Å². The molecule has 3 heterocycles. The van der Waals surface area contributed by atoms with Gasteiger partial charge in [0.15, 0.2) is 11.2 Å². The Labute approximate surface area is 162 Å². The lowest BCUT2D eigenvalue weighted by Gasteiger charge is -2.29. The fourth-order valence-corrected chi connectivity index (χ4v) is 3.80. The molecule has 0 radical (unpaired) electrons. The zero-order valence-electron chi connectivity index (χ0n) is 16.5. The predicted molar refractivity (Wildman–Crippen MR) is 109 cm³/mol. The summed E-state index contributed by atoms with van der Waals surface area (Å²) in [5, 5.41) is 0. The summed E-state index contributed by atoms with van der Waals surface area (Å²) in [4.78, 5) is 32.7. The predicted octanol–water partition coefficient (Wildman–Crippen LogP) is 1.78. The smallest absolute Gasteiger partial charge is 0.332 e. The first-order valence-electron chi connectivity index (χ1n) is 9.65. The molecule has 4 rings (SSSR count). The fraction of sp³-hybridized carbons (Fsp3) is 0.450. The number of rotatable bonds is 5. The van der Waals surface area contributed by atoms with Crippen molar-refractivity contribution in [2.75, 3.05) is 24.7 Å². The van der Waals surface area contributed by atoms with Gasteiger partial charge in [0.2, 0.25) is 5.95 Å². The highest BCUT2D eigenvalue weighted by Gasteiger charge is 2.26. The number of nitrogens with zero attached hydrogens (tertiary/aromatic N) is 5. The minimum absolute atomic E-state index is 0.234. The van der Waals surface area contributed by atoms with Crippen LogP contribution in [0.15, 0.2) is 33.9 Å². The molecule has 8 heteroatoms. The molecule has 0 unspecified atom stereocenters. The summed E-state index contributed by atoms with van der Waals surface area (Å²) in [6.45, 7) is 6.57. The molecule has 0 aliphatic carbocycles. The zero-order valence-corrected chi connectivity index (χ0v) is 16.5. The lowest BCUT2D eigenvalue weighted by atomic mass is 10.2. The normalized spacial score (nSPS) is 13.9. The Bertz CT molecular complexity index is 1140. The van der Waals surface area contributed by atoms with Crippen molar-refractivity contribution in [2.24, 2.45) is 7.05 Å². The number of anilines is 2. The Morgan fingerprint density at radius 3 is 2.79 bits per heavy atom. The average Bonchev–Trinajstić information content (AvgIpc) is 3.09. The first kappa shape index (κ1) is 18.5. The summed E-state index contributed by atoms with van der Waals surface area (Å²) in [5.41, 5.74) is 2.44. The number of ether oxygens (including phenoxy) is 1.